The summed E-state index contributed by atoms with van der Waals surface area (Å²) < 4.78 is 20.9. The van der Waals surface area contributed by atoms with Gasteiger partial charge in [-0.3, -0.25) is 9.55 Å². The molecule has 2 aromatic rings. The lowest BCUT2D eigenvalue weighted by Crippen LogP contribution is -2.35. The minimum absolute atomic E-state index is 0.139. The Morgan fingerprint density at radius 3 is 2.43 bits per heavy atom. The number of aliphatic hydroxyl groups is 1. The molecule has 164 valence electrons. The van der Waals surface area contributed by atoms with Crippen molar-refractivity contribution >= 4 is 18.4 Å². The van der Waals surface area contributed by atoms with Crippen LogP contribution >= 0.6 is 7.37 Å². The van der Waals surface area contributed by atoms with E-state index in [9.17, 15) is 9.67 Å². The van der Waals surface area contributed by atoms with Crippen LogP contribution in [0, 0.1) is 17.8 Å². The first-order valence-corrected chi connectivity index (χ1v) is 12.6. The molecule has 0 radical (unpaired) electrons. The van der Waals surface area contributed by atoms with Crippen LogP contribution in [-0.4, -0.2) is 30.3 Å². The van der Waals surface area contributed by atoms with Crippen LogP contribution in [-0.2, 0) is 9.09 Å². The normalized spacial score (nSPS) is 25.0. The summed E-state index contributed by atoms with van der Waals surface area (Å²) in [6.45, 7) is 6.62. The molecule has 5 nitrogen and oxygen atoms in total. The summed E-state index contributed by atoms with van der Waals surface area (Å²) in [5.41, 5.74) is 1.52. The van der Waals surface area contributed by atoms with E-state index < -0.39 is 13.2 Å². The average Bonchev–Trinajstić information content (AvgIpc) is 2.73. The van der Waals surface area contributed by atoms with Crippen LogP contribution in [0.1, 0.15) is 51.4 Å². The van der Waals surface area contributed by atoms with Crippen LogP contribution < -0.4 is 10.2 Å². The van der Waals surface area contributed by atoms with E-state index in [0.29, 0.717) is 28.6 Å². The molecule has 1 aliphatic rings. The minimum atomic E-state index is -3.61. The second-order valence-corrected chi connectivity index (χ2v) is 11.5. The summed E-state index contributed by atoms with van der Waals surface area (Å²) in [7, 11) is 0.319. The van der Waals surface area contributed by atoms with Gasteiger partial charge < -0.3 is 14.5 Å². The molecule has 0 saturated heterocycles. The lowest BCUT2D eigenvalue weighted by atomic mass is 9.75. The van der Waals surface area contributed by atoms with Crippen molar-refractivity contribution in [1.82, 2.24) is 4.98 Å². The van der Waals surface area contributed by atoms with Crippen molar-refractivity contribution in [3.05, 3.63) is 54.4 Å². The first-order valence-electron chi connectivity index (χ1n) is 10.9. The average molecular weight is 431 g/mol. The molecule has 6 heteroatoms. The maximum atomic E-state index is 14.4. The van der Waals surface area contributed by atoms with E-state index in [-0.39, 0.29) is 6.10 Å². The van der Waals surface area contributed by atoms with Gasteiger partial charge >= 0.3 is 0 Å². The summed E-state index contributed by atoms with van der Waals surface area (Å²) in [5, 5.41) is 11.8. The number of anilines is 1. The quantitative estimate of drug-likeness (QED) is 0.610. The Morgan fingerprint density at radius 1 is 1.17 bits per heavy atom. The van der Waals surface area contributed by atoms with Gasteiger partial charge in [0.25, 0.3) is 7.37 Å². The fourth-order valence-corrected chi connectivity index (χ4v) is 6.65. The molecule has 1 aliphatic carbocycles. The number of rotatable bonds is 7. The molecule has 1 N–H and O–H groups in total. The van der Waals surface area contributed by atoms with Crippen molar-refractivity contribution in [2.45, 2.75) is 52.0 Å². The summed E-state index contributed by atoms with van der Waals surface area (Å²) in [6.07, 6.45) is 6.16. The smallest absolute Gasteiger partial charge is 0.264 e. The Labute approximate surface area is 180 Å². The summed E-state index contributed by atoms with van der Waals surface area (Å²) >= 11 is 0. The van der Waals surface area contributed by atoms with E-state index >= 15 is 0 Å². The molecule has 1 saturated carbocycles. The zero-order valence-corrected chi connectivity index (χ0v) is 19.6. The van der Waals surface area contributed by atoms with Crippen LogP contribution in [0.4, 0.5) is 5.69 Å². The standard InChI is InChI=1S/C24H35N2O3P/c1-17(2)22-13-8-18(3)15-23(22)29-30(28,24(27)19-7-6-14-25-16-19)21-11-9-20(10-12-21)26(4)5/h6-7,9-12,14,16-18,22-24,27H,8,13,15H2,1-5H3/t18-,22-,23-,24+,30-/m1/s1. The maximum Gasteiger partial charge on any atom is 0.264 e. The molecule has 0 spiro atoms. The molecule has 3 rings (SSSR count). The van der Waals surface area contributed by atoms with Crippen molar-refractivity contribution in [1.29, 1.82) is 0 Å². The fraction of sp³-hybridized carbons (Fsp3) is 0.542. The highest BCUT2D eigenvalue weighted by atomic mass is 31.2. The Hall–Kier alpha value is -1.68. The third-order valence-corrected chi connectivity index (χ3v) is 8.83. The lowest BCUT2D eigenvalue weighted by Gasteiger charge is -2.39. The highest BCUT2D eigenvalue weighted by Gasteiger charge is 2.42. The van der Waals surface area contributed by atoms with Crippen LogP contribution in [0.15, 0.2) is 48.8 Å². The van der Waals surface area contributed by atoms with Gasteiger partial charge in [0.05, 0.1) is 6.10 Å². The molecule has 0 amide bonds. The molecule has 1 fully saturated rings. The zero-order chi connectivity index (χ0) is 21.9. The van der Waals surface area contributed by atoms with Gasteiger partial charge in [0.1, 0.15) is 0 Å². The number of hydrogen-bond donors (Lipinski definition) is 1. The Bertz CT molecular complexity index is 855. The van der Waals surface area contributed by atoms with E-state index in [0.717, 1.165) is 24.9 Å². The molecule has 0 bridgehead atoms. The van der Waals surface area contributed by atoms with E-state index in [1.165, 1.54) is 0 Å². The molecule has 30 heavy (non-hydrogen) atoms. The van der Waals surface area contributed by atoms with Crippen molar-refractivity contribution in [3.63, 3.8) is 0 Å². The predicted octanol–water partition coefficient (Wildman–Crippen LogP) is 5.22. The van der Waals surface area contributed by atoms with E-state index in [1.807, 2.05) is 43.3 Å². The SMILES string of the molecule is CC(C)[C@H]1CC[C@@H](C)C[C@H]1O[P@](=O)(c1ccc(N(C)C)cc1)[C@H](O)c1cccnc1. The lowest BCUT2D eigenvalue weighted by molar-refractivity contribution is 0.0427. The molecular formula is C24H35N2O3P. The van der Waals surface area contributed by atoms with Gasteiger partial charge in [-0.15, -0.1) is 0 Å². The fourth-order valence-electron chi connectivity index (χ4n) is 4.38. The topological polar surface area (TPSA) is 62.7 Å². The number of hydrogen-bond acceptors (Lipinski definition) is 5. The summed E-state index contributed by atoms with van der Waals surface area (Å²) in [5.74, 6) is 0.0332. The van der Waals surface area contributed by atoms with E-state index in [2.05, 4.69) is 25.8 Å². The number of aliphatic hydroxyl groups excluding tert-OH is 1. The van der Waals surface area contributed by atoms with Crippen molar-refractivity contribution in [3.8, 4) is 0 Å². The summed E-state index contributed by atoms with van der Waals surface area (Å²) in [6, 6.07) is 11.0. The molecule has 0 aliphatic heterocycles. The Kier molecular flexibility index (Phi) is 7.38. The molecule has 1 aromatic heterocycles. The number of nitrogens with zero attached hydrogens (tertiary/aromatic N) is 2. The van der Waals surface area contributed by atoms with Crippen molar-refractivity contribution < 1.29 is 14.2 Å². The first-order chi connectivity index (χ1) is 14.2. The van der Waals surface area contributed by atoms with Gasteiger partial charge in [-0.2, -0.15) is 0 Å². The number of aromatic nitrogens is 1. The van der Waals surface area contributed by atoms with Gasteiger partial charge in [0.15, 0.2) is 5.85 Å². The van der Waals surface area contributed by atoms with E-state index in [1.54, 1.807) is 24.5 Å². The third kappa shape index (κ3) is 4.96. The Morgan fingerprint density at radius 2 is 1.87 bits per heavy atom. The van der Waals surface area contributed by atoms with Gasteiger partial charge in [-0.1, -0.05) is 33.3 Å². The first kappa shape index (κ1) is 23.0. The van der Waals surface area contributed by atoms with Gasteiger partial charge in [0.2, 0.25) is 0 Å². The number of pyridine rings is 1. The molecular weight excluding hydrogens is 395 g/mol. The molecule has 5 atom stereocenters. The van der Waals surface area contributed by atoms with Crippen LogP contribution in [0.5, 0.6) is 0 Å². The summed E-state index contributed by atoms with van der Waals surface area (Å²) in [4.78, 5) is 6.10. The predicted molar refractivity (Wildman–Crippen MR) is 123 cm³/mol. The minimum Gasteiger partial charge on any atom is -0.378 e. The molecule has 1 heterocycles. The maximum absolute atomic E-state index is 14.4. The van der Waals surface area contributed by atoms with Gasteiger partial charge in [-0.25, -0.2) is 0 Å². The molecule has 0 unspecified atom stereocenters. The zero-order valence-electron chi connectivity index (χ0n) is 18.7. The Balaban J connectivity index is 2.01. The van der Waals surface area contributed by atoms with Gasteiger partial charge in [-0.05, 0) is 60.9 Å². The van der Waals surface area contributed by atoms with Crippen LogP contribution in [0.25, 0.3) is 0 Å². The highest BCUT2D eigenvalue weighted by molar-refractivity contribution is 7.67. The monoisotopic (exact) mass is 430 g/mol. The van der Waals surface area contributed by atoms with Crippen LogP contribution in [0.2, 0.25) is 0 Å². The van der Waals surface area contributed by atoms with Crippen molar-refractivity contribution in [2.75, 3.05) is 19.0 Å². The van der Waals surface area contributed by atoms with Gasteiger partial charge in [0, 0.05) is 43.0 Å². The highest BCUT2D eigenvalue weighted by Crippen LogP contribution is 2.60. The number of benzene rings is 1. The third-order valence-electron chi connectivity index (χ3n) is 6.28. The van der Waals surface area contributed by atoms with E-state index in [4.69, 9.17) is 4.52 Å². The second kappa shape index (κ2) is 9.64. The van der Waals surface area contributed by atoms with Crippen molar-refractivity contribution in [2.24, 2.45) is 17.8 Å². The second-order valence-electron chi connectivity index (χ2n) is 9.14. The molecule has 1 aromatic carbocycles. The van der Waals surface area contributed by atoms with Crippen LogP contribution in [0.3, 0.4) is 0 Å². The largest absolute Gasteiger partial charge is 0.378 e.